The summed E-state index contributed by atoms with van der Waals surface area (Å²) in [6, 6.07) is 0.518. The molecule has 3 heterocycles. The van der Waals surface area contributed by atoms with Crippen molar-refractivity contribution in [1.29, 1.82) is 0 Å². The first-order valence-electron chi connectivity index (χ1n) is 7.49. The molecule has 0 amide bonds. The van der Waals surface area contributed by atoms with Crippen LogP contribution in [0, 0.1) is 0 Å². The summed E-state index contributed by atoms with van der Waals surface area (Å²) in [5.41, 5.74) is 2.15. The number of aromatic amines is 1. The number of aromatic nitrogens is 4. The highest BCUT2D eigenvalue weighted by molar-refractivity contribution is 5.89. The van der Waals surface area contributed by atoms with Gasteiger partial charge in [-0.15, -0.1) is 5.10 Å². The number of carbonyl (C=O) groups is 1. The number of hydrogen-bond donors (Lipinski definition) is 1. The Labute approximate surface area is 126 Å². The summed E-state index contributed by atoms with van der Waals surface area (Å²) >= 11 is 0. The van der Waals surface area contributed by atoms with Crippen LogP contribution in [-0.4, -0.2) is 40.0 Å². The standard InChI is InChI=1S/C14H17N5O3/c1-21-13(20)11-9-7-19(6-5-10(9)15-16-11)14-18-17-12(22-14)8-3-2-4-8/h8H,2-7H2,1H3,(H,15,16). The fourth-order valence-electron chi connectivity index (χ4n) is 2.90. The first-order chi connectivity index (χ1) is 10.8. The third kappa shape index (κ3) is 2.06. The Morgan fingerprint density at radius 3 is 3.00 bits per heavy atom. The lowest BCUT2D eigenvalue weighted by Gasteiger charge is -2.25. The number of rotatable bonds is 3. The van der Waals surface area contributed by atoms with Crippen molar-refractivity contribution in [3.63, 3.8) is 0 Å². The summed E-state index contributed by atoms with van der Waals surface area (Å²) in [6.07, 6.45) is 4.23. The van der Waals surface area contributed by atoms with Crippen LogP contribution in [0.5, 0.6) is 0 Å². The third-order valence-electron chi connectivity index (χ3n) is 4.47. The molecule has 1 fully saturated rings. The van der Waals surface area contributed by atoms with Gasteiger partial charge in [0.05, 0.1) is 13.7 Å². The van der Waals surface area contributed by atoms with E-state index in [-0.39, 0.29) is 0 Å². The molecule has 2 aromatic rings. The average Bonchev–Trinajstić information content (AvgIpc) is 3.10. The van der Waals surface area contributed by atoms with Crippen molar-refractivity contribution in [2.24, 2.45) is 0 Å². The van der Waals surface area contributed by atoms with E-state index < -0.39 is 5.97 Å². The van der Waals surface area contributed by atoms with E-state index >= 15 is 0 Å². The number of fused-ring (bicyclic) bond motifs is 1. The number of hydrogen-bond acceptors (Lipinski definition) is 7. The lowest BCUT2D eigenvalue weighted by molar-refractivity contribution is 0.0592. The van der Waals surface area contributed by atoms with E-state index in [9.17, 15) is 4.79 Å². The molecular formula is C14H17N5O3. The minimum atomic E-state index is -0.431. The molecule has 0 bridgehead atoms. The minimum Gasteiger partial charge on any atom is -0.464 e. The van der Waals surface area contributed by atoms with Gasteiger partial charge >= 0.3 is 12.0 Å². The second kappa shape index (κ2) is 5.11. The van der Waals surface area contributed by atoms with Crippen LogP contribution in [0.4, 0.5) is 6.01 Å². The van der Waals surface area contributed by atoms with Crippen LogP contribution in [0.15, 0.2) is 4.42 Å². The summed E-state index contributed by atoms with van der Waals surface area (Å²) in [4.78, 5) is 13.7. The molecule has 22 heavy (non-hydrogen) atoms. The first kappa shape index (κ1) is 13.3. The number of nitrogens with zero attached hydrogens (tertiary/aromatic N) is 4. The molecule has 8 heteroatoms. The average molecular weight is 303 g/mol. The second-order valence-corrected chi connectivity index (χ2v) is 5.74. The van der Waals surface area contributed by atoms with Crippen LogP contribution in [0.1, 0.15) is 52.8 Å². The van der Waals surface area contributed by atoms with Gasteiger partial charge in [0.1, 0.15) is 0 Å². The molecule has 1 aliphatic carbocycles. The van der Waals surface area contributed by atoms with Crippen LogP contribution in [0.2, 0.25) is 0 Å². The van der Waals surface area contributed by atoms with E-state index in [0.717, 1.165) is 43.0 Å². The number of H-pyrrole nitrogens is 1. The van der Waals surface area contributed by atoms with Crippen LogP contribution >= 0.6 is 0 Å². The van der Waals surface area contributed by atoms with Gasteiger partial charge in [-0.25, -0.2) is 4.79 Å². The summed E-state index contributed by atoms with van der Waals surface area (Å²) < 4.78 is 10.6. The van der Waals surface area contributed by atoms with Gasteiger partial charge in [-0.3, -0.25) is 5.10 Å². The van der Waals surface area contributed by atoms with Crippen LogP contribution < -0.4 is 4.90 Å². The normalized spacial score (nSPS) is 18.0. The van der Waals surface area contributed by atoms with Gasteiger partial charge < -0.3 is 14.1 Å². The number of anilines is 1. The largest absolute Gasteiger partial charge is 0.464 e. The molecule has 2 aromatic heterocycles. The predicted octanol–water partition coefficient (Wildman–Crippen LogP) is 1.41. The Balaban J connectivity index is 1.57. The number of methoxy groups -OCH3 is 1. The molecular weight excluding hydrogens is 286 g/mol. The number of carbonyl (C=O) groups excluding carboxylic acids is 1. The van der Waals surface area contributed by atoms with E-state index in [4.69, 9.17) is 9.15 Å². The monoisotopic (exact) mass is 303 g/mol. The number of esters is 1. The maximum absolute atomic E-state index is 11.8. The molecule has 4 rings (SSSR count). The molecule has 116 valence electrons. The lowest BCUT2D eigenvalue weighted by atomic mass is 9.85. The van der Waals surface area contributed by atoms with Crippen molar-refractivity contribution >= 4 is 12.0 Å². The summed E-state index contributed by atoms with van der Waals surface area (Å²) in [7, 11) is 1.35. The van der Waals surface area contributed by atoms with Gasteiger partial charge in [-0.1, -0.05) is 11.5 Å². The zero-order valence-corrected chi connectivity index (χ0v) is 12.3. The molecule has 1 N–H and O–H groups in total. The Morgan fingerprint density at radius 2 is 2.27 bits per heavy atom. The molecule has 1 saturated carbocycles. The molecule has 0 aromatic carbocycles. The highest BCUT2D eigenvalue weighted by Crippen LogP contribution is 2.36. The lowest BCUT2D eigenvalue weighted by Crippen LogP contribution is -2.31. The van der Waals surface area contributed by atoms with Gasteiger partial charge in [-0.2, -0.15) is 5.10 Å². The minimum absolute atomic E-state index is 0.334. The van der Waals surface area contributed by atoms with E-state index in [2.05, 4.69) is 20.4 Å². The van der Waals surface area contributed by atoms with Gasteiger partial charge in [-0.05, 0) is 12.8 Å². The SMILES string of the molecule is COC(=O)c1n[nH]c2c1CN(c1nnc(C3CCC3)o1)CC2. The maximum Gasteiger partial charge on any atom is 0.358 e. The maximum atomic E-state index is 11.8. The Hall–Kier alpha value is -2.38. The smallest absolute Gasteiger partial charge is 0.358 e. The molecule has 2 aliphatic rings. The zero-order valence-electron chi connectivity index (χ0n) is 12.3. The predicted molar refractivity (Wildman–Crippen MR) is 75.6 cm³/mol. The zero-order chi connectivity index (χ0) is 15.1. The molecule has 0 atom stereocenters. The van der Waals surface area contributed by atoms with Crippen LogP contribution in [0.3, 0.4) is 0 Å². The van der Waals surface area contributed by atoms with Crippen LogP contribution in [0.25, 0.3) is 0 Å². The molecule has 8 nitrogen and oxygen atoms in total. The van der Waals surface area contributed by atoms with E-state index in [1.165, 1.54) is 13.5 Å². The summed E-state index contributed by atoms with van der Waals surface area (Å²) in [5.74, 6) is 0.716. The first-order valence-corrected chi connectivity index (χ1v) is 7.49. The van der Waals surface area contributed by atoms with Gasteiger partial charge in [0, 0.05) is 30.1 Å². The van der Waals surface area contributed by atoms with E-state index in [0.29, 0.717) is 24.2 Å². The van der Waals surface area contributed by atoms with E-state index in [1.807, 2.05) is 4.90 Å². The van der Waals surface area contributed by atoms with Gasteiger partial charge in [0.15, 0.2) is 5.69 Å². The van der Waals surface area contributed by atoms with Crippen molar-refractivity contribution in [3.05, 3.63) is 22.8 Å². The van der Waals surface area contributed by atoms with Crippen LogP contribution in [-0.2, 0) is 17.7 Å². The van der Waals surface area contributed by atoms with Crippen molar-refractivity contribution in [1.82, 2.24) is 20.4 Å². The highest BCUT2D eigenvalue weighted by Gasteiger charge is 2.30. The Bertz CT molecular complexity index is 703. The van der Waals surface area contributed by atoms with Crippen molar-refractivity contribution in [2.45, 2.75) is 38.1 Å². The van der Waals surface area contributed by atoms with Gasteiger partial charge in [0.25, 0.3) is 0 Å². The number of nitrogens with one attached hydrogen (secondary N) is 1. The van der Waals surface area contributed by atoms with Crippen molar-refractivity contribution < 1.29 is 13.9 Å². The highest BCUT2D eigenvalue weighted by atomic mass is 16.5. The Morgan fingerprint density at radius 1 is 1.41 bits per heavy atom. The quantitative estimate of drug-likeness (QED) is 0.856. The van der Waals surface area contributed by atoms with E-state index in [1.54, 1.807) is 0 Å². The Kier molecular flexibility index (Phi) is 3.09. The van der Waals surface area contributed by atoms with Crippen molar-refractivity contribution in [3.8, 4) is 0 Å². The fraction of sp³-hybridized carbons (Fsp3) is 0.571. The molecule has 0 saturated heterocycles. The summed E-state index contributed by atoms with van der Waals surface area (Å²) in [6.45, 7) is 1.27. The summed E-state index contributed by atoms with van der Waals surface area (Å²) in [5, 5.41) is 15.3. The molecule has 1 aliphatic heterocycles. The fourth-order valence-corrected chi connectivity index (χ4v) is 2.90. The number of ether oxygens (including phenoxy) is 1. The molecule has 0 unspecified atom stereocenters. The molecule has 0 radical (unpaired) electrons. The topological polar surface area (TPSA) is 97.1 Å². The second-order valence-electron chi connectivity index (χ2n) is 5.74. The third-order valence-corrected chi connectivity index (χ3v) is 4.47. The van der Waals surface area contributed by atoms with Gasteiger partial charge in [0.2, 0.25) is 5.89 Å². The van der Waals surface area contributed by atoms with Crippen molar-refractivity contribution in [2.75, 3.05) is 18.6 Å². The molecule has 0 spiro atoms.